The molecule has 1 saturated heterocycles. The second kappa shape index (κ2) is 12.2. The highest BCUT2D eigenvalue weighted by atomic mass is 16.5. The molecule has 0 N–H and O–H groups in total. The van der Waals surface area contributed by atoms with Crippen molar-refractivity contribution in [2.45, 2.75) is 46.0 Å². The highest BCUT2D eigenvalue weighted by molar-refractivity contribution is 5.98. The molecule has 0 atom stereocenters. The van der Waals surface area contributed by atoms with Crippen LogP contribution in [0.25, 0.3) is 0 Å². The number of benzene rings is 2. The molecule has 1 aliphatic rings. The van der Waals surface area contributed by atoms with Crippen LogP contribution < -0.4 is 4.74 Å². The highest BCUT2D eigenvalue weighted by Crippen LogP contribution is 2.13. The van der Waals surface area contributed by atoms with Gasteiger partial charge in [-0.2, -0.15) is 0 Å². The van der Waals surface area contributed by atoms with E-state index in [1.165, 1.54) is 5.56 Å². The summed E-state index contributed by atoms with van der Waals surface area (Å²) in [6.45, 7) is 6.84. The molecule has 176 valence electrons. The number of carbonyl (C=O) groups is 3. The zero-order valence-corrected chi connectivity index (χ0v) is 19.7. The van der Waals surface area contributed by atoms with Gasteiger partial charge in [-0.25, -0.2) is 0 Å². The number of aryl methyl sites for hydroxylation is 2. The SMILES string of the molecule is Cc1ccc(OCCCC(=O)N2CCCN(C(=O)CCC(=O)c3ccc(C)cc3)CC2)cc1. The first-order valence-corrected chi connectivity index (χ1v) is 11.8. The normalized spacial score (nSPS) is 14.0. The average molecular weight is 451 g/mol. The summed E-state index contributed by atoms with van der Waals surface area (Å²) in [5.74, 6) is 0.892. The van der Waals surface area contributed by atoms with Gasteiger partial charge in [0.2, 0.25) is 11.8 Å². The van der Waals surface area contributed by atoms with Crippen molar-refractivity contribution in [1.29, 1.82) is 0 Å². The molecule has 0 aromatic heterocycles. The summed E-state index contributed by atoms with van der Waals surface area (Å²) in [4.78, 5) is 41.2. The largest absolute Gasteiger partial charge is 0.494 e. The lowest BCUT2D eigenvalue weighted by Crippen LogP contribution is -2.37. The molecule has 1 aliphatic heterocycles. The number of ether oxygens (including phenoxy) is 1. The number of nitrogens with zero attached hydrogens (tertiary/aromatic N) is 2. The first kappa shape index (κ1) is 24.5. The molecule has 1 fully saturated rings. The maximum absolute atomic E-state index is 12.6. The Balaban J connectivity index is 1.36. The predicted molar refractivity (Wildman–Crippen MR) is 128 cm³/mol. The number of hydrogen-bond acceptors (Lipinski definition) is 4. The summed E-state index contributed by atoms with van der Waals surface area (Å²) in [5, 5.41) is 0. The molecule has 6 nitrogen and oxygen atoms in total. The first-order chi connectivity index (χ1) is 15.9. The lowest BCUT2D eigenvalue weighted by Gasteiger charge is -2.22. The maximum atomic E-state index is 12.6. The molecule has 2 amide bonds. The van der Waals surface area contributed by atoms with Crippen LogP contribution in [0.1, 0.15) is 53.6 Å². The van der Waals surface area contributed by atoms with Gasteiger partial charge in [-0.05, 0) is 38.8 Å². The highest BCUT2D eigenvalue weighted by Gasteiger charge is 2.22. The smallest absolute Gasteiger partial charge is 0.223 e. The van der Waals surface area contributed by atoms with E-state index in [1.54, 1.807) is 4.90 Å². The van der Waals surface area contributed by atoms with E-state index in [2.05, 4.69) is 0 Å². The molecule has 1 heterocycles. The molecule has 0 unspecified atom stereocenters. The van der Waals surface area contributed by atoms with Gasteiger partial charge >= 0.3 is 0 Å². The van der Waals surface area contributed by atoms with Gasteiger partial charge in [0.05, 0.1) is 6.61 Å². The van der Waals surface area contributed by atoms with E-state index in [0.717, 1.165) is 17.7 Å². The number of rotatable bonds is 9. The van der Waals surface area contributed by atoms with E-state index >= 15 is 0 Å². The molecule has 0 aliphatic carbocycles. The molecule has 2 aromatic carbocycles. The Kier molecular flexibility index (Phi) is 9.04. The molecule has 2 aromatic rings. The van der Waals surface area contributed by atoms with Gasteiger partial charge in [0.15, 0.2) is 5.78 Å². The van der Waals surface area contributed by atoms with E-state index < -0.39 is 0 Å². The number of hydrogen-bond donors (Lipinski definition) is 0. The van der Waals surface area contributed by atoms with Crippen molar-refractivity contribution < 1.29 is 19.1 Å². The molecule has 3 rings (SSSR count). The van der Waals surface area contributed by atoms with Crippen LogP contribution in [0, 0.1) is 13.8 Å². The lowest BCUT2D eigenvalue weighted by atomic mass is 10.0. The van der Waals surface area contributed by atoms with Crippen molar-refractivity contribution in [3.8, 4) is 5.75 Å². The minimum atomic E-state index is -0.0174. The number of ketones is 1. The average Bonchev–Trinajstić information content (AvgIpc) is 3.08. The Morgan fingerprint density at radius 3 is 1.88 bits per heavy atom. The fourth-order valence-corrected chi connectivity index (χ4v) is 3.88. The second-order valence-corrected chi connectivity index (χ2v) is 8.67. The first-order valence-electron chi connectivity index (χ1n) is 11.8. The van der Waals surface area contributed by atoms with Crippen LogP contribution in [0.3, 0.4) is 0 Å². The third kappa shape index (κ3) is 7.74. The summed E-state index contributed by atoms with van der Waals surface area (Å²) in [7, 11) is 0. The van der Waals surface area contributed by atoms with Gasteiger partial charge in [0, 0.05) is 51.0 Å². The van der Waals surface area contributed by atoms with E-state index in [4.69, 9.17) is 4.74 Å². The van der Waals surface area contributed by atoms with Crippen LogP contribution in [0.2, 0.25) is 0 Å². The van der Waals surface area contributed by atoms with Gasteiger partial charge in [0.1, 0.15) is 5.75 Å². The van der Waals surface area contributed by atoms with Gasteiger partial charge < -0.3 is 14.5 Å². The monoisotopic (exact) mass is 450 g/mol. The Morgan fingerprint density at radius 2 is 1.27 bits per heavy atom. The molecular formula is C27H34N2O4. The topological polar surface area (TPSA) is 66.9 Å². The van der Waals surface area contributed by atoms with Crippen LogP contribution in [0.15, 0.2) is 48.5 Å². The molecule has 0 spiro atoms. The van der Waals surface area contributed by atoms with Crippen LogP contribution >= 0.6 is 0 Å². The van der Waals surface area contributed by atoms with Crippen LogP contribution in [0.4, 0.5) is 0 Å². The Labute approximate surface area is 196 Å². The molecule has 0 saturated carbocycles. The summed E-state index contributed by atoms with van der Waals surface area (Å²) in [6, 6.07) is 15.3. The Bertz CT molecular complexity index is 938. The minimum absolute atomic E-state index is 0.0113. The van der Waals surface area contributed by atoms with E-state index in [-0.39, 0.29) is 30.4 Å². The summed E-state index contributed by atoms with van der Waals surface area (Å²) in [5.41, 5.74) is 2.93. The standard InChI is InChI=1S/C27H34N2O4/c1-21-6-10-23(11-7-21)25(30)14-15-27(32)29-17-4-16-28(18-19-29)26(31)5-3-20-33-24-12-8-22(2)9-13-24/h6-13H,3-5,14-20H2,1-2H3. The van der Waals surface area contributed by atoms with Gasteiger partial charge in [-0.1, -0.05) is 47.5 Å². The molecule has 33 heavy (non-hydrogen) atoms. The molecule has 0 radical (unpaired) electrons. The van der Waals surface area contributed by atoms with Crippen LogP contribution in [0.5, 0.6) is 5.75 Å². The lowest BCUT2D eigenvalue weighted by molar-refractivity contribution is -0.133. The number of carbonyl (C=O) groups excluding carboxylic acids is 3. The van der Waals surface area contributed by atoms with Crippen molar-refractivity contribution >= 4 is 17.6 Å². The molecule has 6 heteroatoms. The van der Waals surface area contributed by atoms with Crippen LogP contribution in [-0.4, -0.2) is 60.2 Å². The van der Waals surface area contributed by atoms with Gasteiger partial charge in [-0.15, -0.1) is 0 Å². The van der Waals surface area contributed by atoms with Crippen molar-refractivity contribution in [2.75, 3.05) is 32.8 Å². The number of amides is 2. The summed E-state index contributed by atoms with van der Waals surface area (Å²) >= 11 is 0. The molecular weight excluding hydrogens is 416 g/mol. The second-order valence-electron chi connectivity index (χ2n) is 8.67. The third-order valence-electron chi connectivity index (χ3n) is 5.97. The van der Waals surface area contributed by atoms with Gasteiger partial charge in [0.25, 0.3) is 0 Å². The van der Waals surface area contributed by atoms with Gasteiger partial charge in [-0.3, -0.25) is 14.4 Å². The van der Waals surface area contributed by atoms with Crippen molar-refractivity contribution in [2.24, 2.45) is 0 Å². The Hall–Kier alpha value is -3.15. The van der Waals surface area contributed by atoms with E-state index in [1.807, 2.05) is 67.3 Å². The number of Topliss-reactive ketones (excluding diaryl/α,β-unsaturated/α-hetero) is 1. The van der Waals surface area contributed by atoms with E-state index in [9.17, 15) is 14.4 Å². The zero-order valence-electron chi connectivity index (χ0n) is 19.7. The zero-order chi connectivity index (χ0) is 23.6. The van der Waals surface area contributed by atoms with Crippen molar-refractivity contribution in [1.82, 2.24) is 9.80 Å². The summed E-state index contributed by atoms with van der Waals surface area (Å²) < 4.78 is 5.70. The summed E-state index contributed by atoms with van der Waals surface area (Å²) in [6.07, 6.45) is 2.26. The fourth-order valence-electron chi connectivity index (χ4n) is 3.88. The Morgan fingerprint density at radius 1 is 0.727 bits per heavy atom. The van der Waals surface area contributed by atoms with E-state index in [0.29, 0.717) is 51.2 Å². The third-order valence-corrected chi connectivity index (χ3v) is 5.97. The minimum Gasteiger partial charge on any atom is -0.494 e. The predicted octanol–water partition coefficient (Wildman–Crippen LogP) is 4.19. The molecule has 0 bridgehead atoms. The van der Waals surface area contributed by atoms with Crippen molar-refractivity contribution in [3.63, 3.8) is 0 Å². The van der Waals surface area contributed by atoms with Crippen LogP contribution in [-0.2, 0) is 9.59 Å². The maximum Gasteiger partial charge on any atom is 0.223 e. The van der Waals surface area contributed by atoms with Crippen molar-refractivity contribution in [3.05, 3.63) is 65.2 Å². The fraction of sp³-hybridized carbons (Fsp3) is 0.444. The quantitative estimate of drug-likeness (QED) is 0.424.